The Morgan fingerprint density at radius 3 is 2.39 bits per heavy atom. The third-order valence-corrected chi connectivity index (χ3v) is 6.06. The Bertz CT molecular complexity index is 1220. The first kappa shape index (κ1) is 18.1. The fourth-order valence-corrected chi connectivity index (χ4v) is 3.63. The molecule has 1 N–H and O–H groups in total. The molecule has 8 nitrogen and oxygen atoms in total. The summed E-state index contributed by atoms with van der Waals surface area (Å²) in [4.78, 5) is 8.96. The number of aromatic nitrogens is 4. The van der Waals surface area contributed by atoms with Crippen LogP contribution >= 0.6 is 0 Å². The van der Waals surface area contributed by atoms with Crippen LogP contribution in [0.5, 0.6) is 0 Å². The number of nitrogens with one attached hydrogen (secondary N) is 1. The number of fused-ring (bicyclic) bond motifs is 1. The van der Waals surface area contributed by atoms with Gasteiger partial charge >= 0.3 is 0 Å². The molecule has 142 valence electrons. The molecule has 9 heteroatoms. The Kier molecular flexibility index (Phi) is 4.54. The van der Waals surface area contributed by atoms with Crippen LogP contribution in [0, 0.1) is 0 Å². The van der Waals surface area contributed by atoms with Crippen LogP contribution in [0.2, 0.25) is 0 Å². The largest absolute Gasteiger partial charge is 0.340 e. The summed E-state index contributed by atoms with van der Waals surface area (Å²) in [6.45, 7) is 0. The van der Waals surface area contributed by atoms with E-state index in [0.717, 1.165) is 16.9 Å². The van der Waals surface area contributed by atoms with Crippen molar-refractivity contribution in [1.29, 1.82) is 0 Å². The van der Waals surface area contributed by atoms with Crippen molar-refractivity contribution in [2.75, 3.05) is 19.4 Å². The molecule has 0 radical (unpaired) electrons. The quantitative estimate of drug-likeness (QED) is 0.560. The Labute approximate surface area is 162 Å². The minimum absolute atomic E-state index is 0.230. The number of nitrogens with zero attached hydrogens (tertiary/aromatic N) is 5. The zero-order valence-electron chi connectivity index (χ0n) is 15.3. The van der Waals surface area contributed by atoms with Crippen LogP contribution in [0.15, 0.2) is 71.9 Å². The Hall–Kier alpha value is -3.30. The van der Waals surface area contributed by atoms with Crippen molar-refractivity contribution in [3.05, 3.63) is 67.0 Å². The molecule has 0 saturated carbocycles. The van der Waals surface area contributed by atoms with E-state index >= 15 is 0 Å². The molecule has 4 rings (SSSR count). The van der Waals surface area contributed by atoms with Crippen molar-refractivity contribution in [3.63, 3.8) is 0 Å². The maximum Gasteiger partial charge on any atom is 0.254 e. The molecule has 0 saturated heterocycles. The van der Waals surface area contributed by atoms with Crippen LogP contribution in [0.1, 0.15) is 0 Å². The van der Waals surface area contributed by atoms with Crippen LogP contribution in [-0.4, -0.2) is 46.4 Å². The van der Waals surface area contributed by atoms with Gasteiger partial charge in [0.2, 0.25) is 10.0 Å². The van der Waals surface area contributed by atoms with Crippen molar-refractivity contribution >= 4 is 27.3 Å². The van der Waals surface area contributed by atoms with Gasteiger partial charge in [0, 0.05) is 31.4 Å². The third-order valence-electron chi connectivity index (χ3n) is 4.23. The predicted molar refractivity (Wildman–Crippen MR) is 107 cm³/mol. The number of hydrogen-bond acceptors (Lipinski definition) is 6. The molecule has 0 atom stereocenters. The highest BCUT2D eigenvalue weighted by atomic mass is 32.2. The third kappa shape index (κ3) is 3.32. The standard InChI is InChI=1S/C19H18N6O2S/c1-24(2)28(26,27)16-10-8-15(9-11-16)22-18-12-17(14-6-4-3-5-7-14)23-19-20-13-21-25(18)19/h3-13,22H,1-2H3. The SMILES string of the molecule is CN(C)S(=O)(=O)c1ccc(Nc2cc(-c3ccccc3)nc3ncnn23)cc1. The topological polar surface area (TPSA) is 92.5 Å². The average molecular weight is 394 g/mol. The summed E-state index contributed by atoms with van der Waals surface area (Å²) < 4.78 is 27.2. The van der Waals surface area contributed by atoms with E-state index in [1.54, 1.807) is 28.8 Å². The predicted octanol–water partition coefficient (Wildman–Crippen LogP) is 2.79. The number of anilines is 2. The van der Waals surface area contributed by atoms with E-state index in [1.165, 1.54) is 24.7 Å². The number of rotatable bonds is 5. The van der Waals surface area contributed by atoms with Gasteiger partial charge in [-0.05, 0) is 24.3 Å². The highest BCUT2D eigenvalue weighted by Crippen LogP contribution is 2.24. The van der Waals surface area contributed by atoms with Crippen LogP contribution < -0.4 is 5.32 Å². The Morgan fingerprint density at radius 2 is 1.71 bits per heavy atom. The Morgan fingerprint density at radius 1 is 1.00 bits per heavy atom. The fourth-order valence-electron chi connectivity index (χ4n) is 2.73. The van der Waals surface area contributed by atoms with Crippen molar-refractivity contribution in [2.45, 2.75) is 4.90 Å². The maximum atomic E-state index is 12.2. The lowest BCUT2D eigenvalue weighted by atomic mass is 10.1. The molecule has 0 amide bonds. The van der Waals surface area contributed by atoms with Gasteiger partial charge in [-0.15, -0.1) is 0 Å². The van der Waals surface area contributed by atoms with Crippen molar-refractivity contribution < 1.29 is 8.42 Å². The van der Waals surface area contributed by atoms with Gasteiger partial charge in [-0.2, -0.15) is 14.6 Å². The second-order valence-electron chi connectivity index (χ2n) is 6.30. The molecule has 2 aromatic heterocycles. The minimum atomic E-state index is -3.47. The van der Waals surface area contributed by atoms with Gasteiger partial charge in [0.05, 0.1) is 10.6 Å². The molecule has 0 aliphatic carbocycles. The van der Waals surface area contributed by atoms with Crippen LogP contribution in [-0.2, 0) is 10.0 Å². The lowest BCUT2D eigenvalue weighted by Gasteiger charge is -2.13. The molecule has 0 spiro atoms. The van der Waals surface area contributed by atoms with Crippen molar-refractivity contribution in [1.82, 2.24) is 23.9 Å². The zero-order chi connectivity index (χ0) is 19.7. The van der Waals surface area contributed by atoms with Gasteiger partial charge in [0.1, 0.15) is 12.1 Å². The van der Waals surface area contributed by atoms with E-state index in [4.69, 9.17) is 0 Å². The summed E-state index contributed by atoms with van der Waals surface area (Å²) in [5.41, 5.74) is 2.44. The van der Waals surface area contributed by atoms with Crippen LogP contribution in [0.25, 0.3) is 17.0 Å². The first-order valence-corrected chi connectivity index (χ1v) is 9.95. The molecule has 28 heavy (non-hydrogen) atoms. The first-order valence-electron chi connectivity index (χ1n) is 8.51. The maximum absolute atomic E-state index is 12.2. The summed E-state index contributed by atoms with van der Waals surface area (Å²) in [7, 11) is -0.457. The lowest BCUT2D eigenvalue weighted by molar-refractivity contribution is 0.521. The Balaban J connectivity index is 1.71. The molecule has 2 aromatic carbocycles. The molecular formula is C19H18N6O2S. The van der Waals surface area contributed by atoms with Crippen molar-refractivity contribution in [2.24, 2.45) is 0 Å². The molecule has 0 aliphatic rings. The van der Waals surface area contributed by atoms with Gasteiger partial charge in [-0.3, -0.25) is 0 Å². The minimum Gasteiger partial charge on any atom is -0.340 e. The molecule has 0 aliphatic heterocycles. The fraction of sp³-hybridized carbons (Fsp3) is 0.105. The van der Waals surface area contributed by atoms with Crippen molar-refractivity contribution in [3.8, 4) is 11.3 Å². The molecule has 0 bridgehead atoms. The van der Waals surface area contributed by atoms with E-state index in [0.29, 0.717) is 11.6 Å². The molecule has 4 aromatic rings. The smallest absolute Gasteiger partial charge is 0.254 e. The van der Waals surface area contributed by atoms with Gasteiger partial charge in [0.15, 0.2) is 0 Å². The van der Waals surface area contributed by atoms with Gasteiger partial charge in [-0.25, -0.2) is 17.7 Å². The summed E-state index contributed by atoms with van der Waals surface area (Å²) in [5, 5.41) is 7.47. The van der Waals surface area contributed by atoms with E-state index in [1.807, 2.05) is 36.4 Å². The molecule has 2 heterocycles. The number of benzene rings is 2. The first-order chi connectivity index (χ1) is 13.4. The average Bonchev–Trinajstić information content (AvgIpc) is 3.18. The number of sulfonamides is 1. The highest BCUT2D eigenvalue weighted by molar-refractivity contribution is 7.89. The van der Waals surface area contributed by atoms with E-state index in [-0.39, 0.29) is 4.90 Å². The second-order valence-corrected chi connectivity index (χ2v) is 8.45. The summed E-state index contributed by atoms with van der Waals surface area (Å²) >= 11 is 0. The van der Waals surface area contributed by atoms with Crippen LogP contribution in [0.4, 0.5) is 11.5 Å². The normalized spacial score (nSPS) is 11.8. The van der Waals surface area contributed by atoms with Gasteiger partial charge in [-0.1, -0.05) is 30.3 Å². The number of hydrogen-bond donors (Lipinski definition) is 1. The lowest BCUT2D eigenvalue weighted by Crippen LogP contribution is -2.22. The van der Waals surface area contributed by atoms with E-state index < -0.39 is 10.0 Å². The summed E-state index contributed by atoms with van der Waals surface area (Å²) in [5.74, 6) is 1.14. The summed E-state index contributed by atoms with van der Waals surface area (Å²) in [6, 6.07) is 18.2. The zero-order valence-corrected chi connectivity index (χ0v) is 16.1. The monoisotopic (exact) mass is 394 g/mol. The highest BCUT2D eigenvalue weighted by Gasteiger charge is 2.17. The van der Waals surface area contributed by atoms with Gasteiger partial charge in [0.25, 0.3) is 5.78 Å². The molecular weight excluding hydrogens is 376 g/mol. The van der Waals surface area contributed by atoms with Crippen LogP contribution in [0.3, 0.4) is 0 Å². The molecule has 0 unspecified atom stereocenters. The van der Waals surface area contributed by atoms with E-state index in [9.17, 15) is 8.42 Å². The summed E-state index contributed by atoms with van der Waals surface area (Å²) in [6.07, 6.45) is 1.44. The molecule has 0 fully saturated rings. The van der Waals surface area contributed by atoms with Gasteiger partial charge < -0.3 is 5.32 Å². The second kappa shape index (κ2) is 7.02. The van der Waals surface area contributed by atoms with E-state index in [2.05, 4.69) is 20.4 Å².